The van der Waals surface area contributed by atoms with E-state index in [1.807, 2.05) is 0 Å². The fourth-order valence-electron chi connectivity index (χ4n) is 4.18. The number of H-pyrrole nitrogens is 1. The lowest BCUT2D eigenvalue weighted by molar-refractivity contribution is 0.456. The van der Waals surface area contributed by atoms with Gasteiger partial charge in [-0.15, -0.1) is 0 Å². The molecule has 17 heavy (non-hydrogen) atoms. The van der Waals surface area contributed by atoms with Gasteiger partial charge in [0.1, 0.15) is 5.02 Å². The van der Waals surface area contributed by atoms with Gasteiger partial charge in [-0.05, 0) is 42.9 Å². The van der Waals surface area contributed by atoms with Crippen LogP contribution in [-0.4, -0.2) is 16.2 Å². The number of anilines is 1. The second kappa shape index (κ2) is 3.25. The number of aromatic nitrogens is 2. The summed E-state index contributed by atoms with van der Waals surface area (Å²) < 4.78 is 0. The summed E-state index contributed by atoms with van der Waals surface area (Å²) in [6, 6.07) is 0.530. The number of nitrogens with one attached hydrogen (secondary N) is 2. The molecule has 4 rings (SSSR count). The Bertz CT molecular complexity index is 513. The number of fused-ring (bicyclic) bond motifs is 5. The molecule has 5 heteroatoms. The van der Waals surface area contributed by atoms with Crippen molar-refractivity contribution in [2.24, 2.45) is 23.7 Å². The van der Waals surface area contributed by atoms with Crippen LogP contribution in [0.25, 0.3) is 0 Å². The molecule has 0 spiro atoms. The molecule has 1 heterocycles. The summed E-state index contributed by atoms with van der Waals surface area (Å²) >= 11 is 5.96. The Hall–Kier alpha value is -1.03. The van der Waals surface area contributed by atoms with Gasteiger partial charge in [0.2, 0.25) is 0 Å². The average molecular weight is 252 g/mol. The molecule has 3 aliphatic carbocycles. The van der Waals surface area contributed by atoms with Crippen LogP contribution in [0, 0.1) is 23.7 Å². The van der Waals surface area contributed by atoms with Crippen molar-refractivity contribution in [2.45, 2.75) is 25.3 Å². The minimum absolute atomic E-state index is 0.234. The molecule has 0 radical (unpaired) electrons. The number of rotatable bonds is 2. The Morgan fingerprint density at radius 2 is 2.06 bits per heavy atom. The van der Waals surface area contributed by atoms with E-state index in [0.29, 0.717) is 11.7 Å². The van der Waals surface area contributed by atoms with Crippen LogP contribution in [0.2, 0.25) is 5.02 Å². The summed E-state index contributed by atoms with van der Waals surface area (Å²) in [6.07, 6.45) is 5.82. The lowest BCUT2D eigenvalue weighted by Gasteiger charge is -2.11. The highest BCUT2D eigenvalue weighted by molar-refractivity contribution is 6.32. The van der Waals surface area contributed by atoms with Crippen molar-refractivity contribution in [3.63, 3.8) is 0 Å². The second-order valence-corrected chi connectivity index (χ2v) is 5.96. The standard InChI is InChI=1S/C12H14ClN3O/c13-10-7(4-14-16-12(10)17)15-11-8-5-1-2-6(3-5)9(8)11/h4-6,8-9,11H,1-3H2,(H2,15,16,17). The fourth-order valence-corrected chi connectivity index (χ4v) is 4.33. The van der Waals surface area contributed by atoms with E-state index in [0.717, 1.165) is 23.7 Å². The summed E-state index contributed by atoms with van der Waals surface area (Å²) in [5.41, 5.74) is 0.375. The zero-order chi connectivity index (χ0) is 11.6. The van der Waals surface area contributed by atoms with Gasteiger partial charge >= 0.3 is 0 Å². The lowest BCUT2D eigenvalue weighted by Crippen LogP contribution is -2.17. The number of halogens is 1. The van der Waals surface area contributed by atoms with Gasteiger partial charge in [0.25, 0.3) is 5.56 Å². The minimum atomic E-state index is -0.314. The molecule has 3 saturated carbocycles. The van der Waals surface area contributed by atoms with Crippen LogP contribution in [0.5, 0.6) is 0 Å². The average Bonchev–Trinajstić information content (AvgIpc) is 2.72. The van der Waals surface area contributed by atoms with E-state index in [9.17, 15) is 4.79 Å². The van der Waals surface area contributed by atoms with Crippen molar-refractivity contribution in [3.05, 3.63) is 21.6 Å². The van der Waals surface area contributed by atoms with Crippen molar-refractivity contribution in [2.75, 3.05) is 5.32 Å². The molecule has 0 aliphatic heterocycles. The van der Waals surface area contributed by atoms with Gasteiger partial charge in [0.15, 0.2) is 0 Å². The first kappa shape index (κ1) is 9.95. The van der Waals surface area contributed by atoms with Crippen molar-refractivity contribution < 1.29 is 0 Å². The molecule has 4 nitrogen and oxygen atoms in total. The molecule has 1 aromatic heterocycles. The number of aromatic amines is 1. The van der Waals surface area contributed by atoms with E-state index in [1.54, 1.807) is 6.20 Å². The van der Waals surface area contributed by atoms with Crippen molar-refractivity contribution >= 4 is 17.3 Å². The molecule has 3 fully saturated rings. The third-order valence-corrected chi connectivity index (χ3v) is 5.23. The first-order valence-electron chi connectivity index (χ1n) is 6.25. The molecule has 1 aromatic rings. The molecule has 90 valence electrons. The van der Waals surface area contributed by atoms with E-state index >= 15 is 0 Å². The molecule has 0 saturated heterocycles. The molecule has 4 unspecified atom stereocenters. The summed E-state index contributed by atoms with van der Waals surface area (Å²) in [5.74, 6) is 3.47. The van der Waals surface area contributed by atoms with Gasteiger partial charge in [-0.1, -0.05) is 11.6 Å². The van der Waals surface area contributed by atoms with Crippen LogP contribution < -0.4 is 10.9 Å². The molecule has 4 atom stereocenters. The summed E-state index contributed by atoms with van der Waals surface area (Å²) in [7, 11) is 0. The fraction of sp³-hybridized carbons (Fsp3) is 0.667. The Kier molecular flexibility index (Phi) is 1.90. The maximum atomic E-state index is 11.3. The Morgan fingerprint density at radius 1 is 1.35 bits per heavy atom. The van der Waals surface area contributed by atoms with Crippen molar-refractivity contribution in [1.29, 1.82) is 0 Å². The SMILES string of the molecule is O=c1[nH]ncc(NC2C3C4CCC(C4)C23)c1Cl. The molecular formula is C12H14ClN3O. The molecule has 2 N–H and O–H groups in total. The van der Waals surface area contributed by atoms with Gasteiger partial charge in [-0.25, -0.2) is 5.10 Å². The number of hydrogen-bond donors (Lipinski definition) is 2. The third-order valence-electron chi connectivity index (χ3n) is 4.85. The van der Waals surface area contributed by atoms with E-state index < -0.39 is 0 Å². The third kappa shape index (κ3) is 1.30. The van der Waals surface area contributed by atoms with Crippen LogP contribution in [-0.2, 0) is 0 Å². The normalized spacial score (nSPS) is 41.4. The first-order chi connectivity index (χ1) is 8.25. The molecular weight excluding hydrogens is 238 g/mol. The second-order valence-electron chi connectivity index (χ2n) is 5.58. The van der Waals surface area contributed by atoms with Crippen molar-refractivity contribution in [3.8, 4) is 0 Å². The Morgan fingerprint density at radius 3 is 2.76 bits per heavy atom. The minimum Gasteiger partial charge on any atom is -0.379 e. The number of nitrogens with zero attached hydrogens (tertiary/aromatic N) is 1. The maximum absolute atomic E-state index is 11.3. The predicted molar refractivity (Wildman–Crippen MR) is 65.1 cm³/mol. The van der Waals surface area contributed by atoms with Crippen LogP contribution >= 0.6 is 11.6 Å². The van der Waals surface area contributed by atoms with E-state index in [4.69, 9.17) is 11.6 Å². The zero-order valence-corrected chi connectivity index (χ0v) is 10.1. The highest BCUT2D eigenvalue weighted by Gasteiger charge is 2.65. The smallest absolute Gasteiger partial charge is 0.285 e. The van der Waals surface area contributed by atoms with Gasteiger partial charge in [-0.3, -0.25) is 4.79 Å². The highest BCUT2D eigenvalue weighted by atomic mass is 35.5. The maximum Gasteiger partial charge on any atom is 0.285 e. The van der Waals surface area contributed by atoms with Gasteiger partial charge in [0, 0.05) is 6.04 Å². The molecule has 3 aliphatic rings. The first-order valence-corrected chi connectivity index (χ1v) is 6.63. The van der Waals surface area contributed by atoms with Crippen LogP contribution in [0.15, 0.2) is 11.0 Å². The predicted octanol–water partition coefficient (Wildman–Crippen LogP) is 1.88. The van der Waals surface area contributed by atoms with Gasteiger partial charge < -0.3 is 5.32 Å². The molecule has 0 amide bonds. The van der Waals surface area contributed by atoms with Crippen molar-refractivity contribution in [1.82, 2.24) is 10.2 Å². The lowest BCUT2D eigenvalue weighted by atomic mass is 10.0. The molecule has 2 bridgehead atoms. The van der Waals surface area contributed by atoms with Gasteiger partial charge in [0.05, 0.1) is 11.9 Å². The summed E-state index contributed by atoms with van der Waals surface area (Å²) in [5, 5.41) is 9.77. The quantitative estimate of drug-likeness (QED) is 0.844. The Balaban J connectivity index is 1.56. The zero-order valence-electron chi connectivity index (χ0n) is 9.32. The van der Waals surface area contributed by atoms with Gasteiger partial charge in [-0.2, -0.15) is 5.10 Å². The van der Waals surface area contributed by atoms with Crippen LogP contribution in [0.1, 0.15) is 19.3 Å². The summed E-state index contributed by atoms with van der Waals surface area (Å²) in [4.78, 5) is 11.3. The van der Waals surface area contributed by atoms with E-state index in [2.05, 4.69) is 15.5 Å². The van der Waals surface area contributed by atoms with Crippen LogP contribution in [0.3, 0.4) is 0 Å². The Labute approximate surface area is 104 Å². The van der Waals surface area contributed by atoms with Crippen LogP contribution in [0.4, 0.5) is 5.69 Å². The summed E-state index contributed by atoms with van der Waals surface area (Å²) in [6.45, 7) is 0. The topological polar surface area (TPSA) is 57.8 Å². The van der Waals surface area contributed by atoms with E-state index in [1.165, 1.54) is 19.3 Å². The van der Waals surface area contributed by atoms with E-state index in [-0.39, 0.29) is 10.6 Å². The number of hydrogen-bond acceptors (Lipinski definition) is 3. The highest BCUT2D eigenvalue weighted by Crippen LogP contribution is 2.66. The largest absolute Gasteiger partial charge is 0.379 e. The monoisotopic (exact) mass is 251 g/mol. The molecule has 0 aromatic carbocycles.